The minimum Gasteiger partial charge on any atom is -0.497 e. The number of hydrogen-bond donors (Lipinski definition) is 1. The number of carbonyl (C=O) groups is 1. The second-order valence-corrected chi connectivity index (χ2v) is 4.96. The number of benzene rings is 2. The Morgan fingerprint density at radius 3 is 2.52 bits per heavy atom. The predicted octanol–water partition coefficient (Wildman–Crippen LogP) is 2.90. The summed E-state index contributed by atoms with van der Waals surface area (Å²) in [5.74, 6) is 1.13. The first-order chi connectivity index (χ1) is 11.2. The molecule has 0 atom stereocenters. The molecule has 0 saturated carbocycles. The van der Waals surface area contributed by atoms with Gasteiger partial charge in [0.05, 0.1) is 13.7 Å². The number of anilines is 1. The molecule has 2 aromatic rings. The van der Waals surface area contributed by atoms with Crippen LogP contribution in [0.5, 0.6) is 11.5 Å². The Balaban J connectivity index is 1.81. The summed E-state index contributed by atoms with van der Waals surface area (Å²) < 4.78 is 15.6. The molecule has 0 unspecified atom stereocenters. The maximum Gasteiger partial charge on any atom is 0.262 e. The summed E-state index contributed by atoms with van der Waals surface area (Å²) in [5, 5.41) is 2.77. The fourth-order valence-corrected chi connectivity index (χ4v) is 2.02. The number of nitrogens with one attached hydrogen (secondary N) is 1. The maximum atomic E-state index is 11.9. The lowest BCUT2D eigenvalue weighted by Crippen LogP contribution is -2.20. The molecule has 0 bridgehead atoms. The Kier molecular flexibility index (Phi) is 6.44. The molecule has 0 fully saturated rings. The van der Waals surface area contributed by atoms with Gasteiger partial charge in [0.15, 0.2) is 6.61 Å². The van der Waals surface area contributed by atoms with Crippen molar-refractivity contribution in [2.24, 2.45) is 0 Å². The average molecular weight is 315 g/mol. The quantitative estimate of drug-likeness (QED) is 0.814. The lowest BCUT2D eigenvalue weighted by Gasteiger charge is -2.09. The smallest absolute Gasteiger partial charge is 0.262 e. The zero-order chi connectivity index (χ0) is 16.5. The molecule has 122 valence electrons. The van der Waals surface area contributed by atoms with E-state index in [2.05, 4.69) is 5.32 Å². The molecule has 0 aliphatic heterocycles. The summed E-state index contributed by atoms with van der Waals surface area (Å²) in [6.45, 7) is 0.637. The van der Waals surface area contributed by atoms with Crippen LogP contribution in [-0.4, -0.2) is 33.3 Å². The Bertz CT molecular complexity index is 625. The van der Waals surface area contributed by atoms with E-state index in [1.165, 1.54) is 5.56 Å². The zero-order valence-corrected chi connectivity index (χ0v) is 13.4. The molecule has 0 spiro atoms. The summed E-state index contributed by atoms with van der Waals surface area (Å²) in [4.78, 5) is 11.9. The van der Waals surface area contributed by atoms with Gasteiger partial charge in [-0.3, -0.25) is 4.79 Å². The molecule has 1 N–H and O–H groups in total. The lowest BCUT2D eigenvalue weighted by molar-refractivity contribution is -0.118. The molecule has 0 radical (unpaired) electrons. The van der Waals surface area contributed by atoms with Gasteiger partial charge in [0, 0.05) is 18.9 Å². The number of methoxy groups -OCH3 is 2. The van der Waals surface area contributed by atoms with Gasteiger partial charge >= 0.3 is 0 Å². The van der Waals surface area contributed by atoms with Gasteiger partial charge in [0.25, 0.3) is 5.91 Å². The van der Waals surface area contributed by atoms with Crippen molar-refractivity contribution in [3.63, 3.8) is 0 Å². The van der Waals surface area contributed by atoms with Crippen molar-refractivity contribution < 1.29 is 19.0 Å². The topological polar surface area (TPSA) is 56.8 Å². The number of rotatable bonds is 8. The zero-order valence-electron chi connectivity index (χ0n) is 13.4. The van der Waals surface area contributed by atoms with Crippen LogP contribution < -0.4 is 14.8 Å². The summed E-state index contributed by atoms with van der Waals surface area (Å²) in [6.07, 6.45) is 0.854. The van der Waals surface area contributed by atoms with Crippen molar-refractivity contribution in [3.05, 3.63) is 54.1 Å². The molecule has 5 nitrogen and oxygen atoms in total. The van der Waals surface area contributed by atoms with E-state index in [4.69, 9.17) is 14.2 Å². The van der Waals surface area contributed by atoms with Gasteiger partial charge in [-0.1, -0.05) is 18.2 Å². The fourth-order valence-electron chi connectivity index (χ4n) is 2.02. The van der Waals surface area contributed by atoms with E-state index in [1.807, 2.05) is 36.4 Å². The highest BCUT2D eigenvalue weighted by Gasteiger charge is 2.05. The van der Waals surface area contributed by atoms with E-state index in [9.17, 15) is 4.79 Å². The van der Waals surface area contributed by atoms with Gasteiger partial charge in [0.1, 0.15) is 11.5 Å². The van der Waals surface area contributed by atoms with E-state index >= 15 is 0 Å². The highest BCUT2D eigenvalue weighted by Crippen LogP contribution is 2.17. The van der Waals surface area contributed by atoms with Crippen LogP contribution in [0.1, 0.15) is 5.56 Å². The SMILES string of the molecule is COCCc1ccc(OCC(=O)Nc2cccc(OC)c2)cc1. The first-order valence-corrected chi connectivity index (χ1v) is 7.36. The summed E-state index contributed by atoms with van der Waals surface area (Å²) in [6, 6.07) is 14.8. The third-order valence-corrected chi connectivity index (χ3v) is 3.24. The van der Waals surface area contributed by atoms with Crippen molar-refractivity contribution in [2.75, 3.05) is 32.8 Å². The first-order valence-electron chi connectivity index (χ1n) is 7.36. The maximum absolute atomic E-state index is 11.9. The van der Waals surface area contributed by atoms with Crippen LogP contribution in [-0.2, 0) is 16.0 Å². The van der Waals surface area contributed by atoms with Crippen LogP contribution >= 0.6 is 0 Å². The van der Waals surface area contributed by atoms with E-state index in [-0.39, 0.29) is 12.5 Å². The van der Waals surface area contributed by atoms with Crippen LogP contribution in [0.3, 0.4) is 0 Å². The van der Waals surface area contributed by atoms with Crippen LogP contribution in [0.2, 0.25) is 0 Å². The Morgan fingerprint density at radius 1 is 1.04 bits per heavy atom. The minimum absolute atomic E-state index is 0.0470. The molecular formula is C18H21NO4. The van der Waals surface area contributed by atoms with Crippen LogP contribution in [0.25, 0.3) is 0 Å². The lowest BCUT2D eigenvalue weighted by atomic mass is 10.1. The largest absolute Gasteiger partial charge is 0.497 e. The normalized spacial score (nSPS) is 10.2. The van der Waals surface area contributed by atoms with Gasteiger partial charge in [0.2, 0.25) is 0 Å². The average Bonchev–Trinajstić information content (AvgIpc) is 2.59. The van der Waals surface area contributed by atoms with Gasteiger partial charge in [-0.05, 0) is 36.2 Å². The standard InChI is InChI=1S/C18H21NO4/c1-21-11-10-14-6-8-16(9-7-14)23-13-18(20)19-15-4-3-5-17(12-15)22-2/h3-9,12H,10-11,13H2,1-2H3,(H,19,20). The minimum atomic E-state index is -0.221. The monoisotopic (exact) mass is 315 g/mol. The fraction of sp³-hybridized carbons (Fsp3) is 0.278. The second-order valence-electron chi connectivity index (χ2n) is 4.96. The molecule has 0 aliphatic carbocycles. The molecule has 0 heterocycles. The number of carbonyl (C=O) groups excluding carboxylic acids is 1. The predicted molar refractivity (Wildman–Crippen MR) is 89.1 cm³/mol. The molecule has 0 aromatic heterocycles. The van der Waals surface area contributed by atoms with Crippen molar-refractivity contribution in [3.8, 4) is 11.5 Å². The van der Waals surface area contributed by atoms with E-state index in [0.29, 0.717) is 23.8 Å². The van der Waals surface area contributed by atoms with Crippen LogP contribution in [0.15, 0.2) is 48.5 Å². The molecule has 2 aromatic carbocycles. The van der Waals surface area contributed by atoms with Crippen LogP contribution in [0.4, 0.5) is 5.69 Å². The molecule has 5 heteroatoms. The molecule has 0 saturated heterocycles. The van der Waals surface area contributed by atoms with E-state index < -0.39 is 0 Å². The highest BCUT2D eigenvalue weighted by molar-refractivity contribution is 5.92. The Morgan fingerprint density at radius 2 is 1.83 bits per heavy atom. The highest BCUT2D eigenvalue weighted by atomic mass is 16.5. The van der Waals surface area contributed by atoms with Crippen LogP contribution in [0, 0.1) is 0 Å². The molecule has 2 rings (SSSR count). The molecular weight excluding hydrogens is 294 g/mol. The van der Waals surface area contributed by atoms with Gasteiger partial charge in [-0.2, -0.15) is 0 Å². The summed E-state index contributed by atoms with van der Waals surface area (Å²) >= 11 is 0. The Hall–Kier alpha value is -2.53. The van der Waals surface area contributed by atoms with E-state index in [0.717, 1.165) is 6.42 Å². The van der Waals surface area contributed by atoms with Crippen molar-refractivity contribution in [1.82, 2.24) is 0 Å². The van der Waals surface area contributed by atoms with E-state index in [1.54, 1.807) is 26.4 Å². The van der Waals surface area contributed by atoms with Crippen molar-refractivity contribution >= 4 is 11.6 Å². The molecule has 0 aliphatic rings. The van der Waals surface area contributed by atoms with Crippen molar-refractivity contribution in [2.45, 2.75) is 6.42 Å². The molecule has 1 amide bonds. The van der Waals surface area contributed by atoms with Gasteiger partial charge in [-0.15, -0.1) is 0 Å². The second kappa shape index (κ2) is 8.80. The summed E-state index contributed by atoms with van der Waals surface area (Å²) in [5.41, 5.74) is 1.84. The summed E-state index contributed by atoms with van der Waals surface area (Å²) in [7, 11) is 3.26. The van der Waals surface area contributed by atoms with Crippen molar-refractivity contribution in [1.29, 1.82) is 0 Å². The Labute approximate surface area is 136 Å². The van der Waals surface area contributed by atoms with Gasteiger partial charge in [-0.25, -0.2) is 0 Å². The first kappa shape index (κ1) is 16.8. The van der Waals surface area contributed by atoms with Gasteiger partial charge < -0.3 is 19.5 Å². The number of amides is 1. The number of ether oxygens (including phenoxy) is 3. The molecule has 23 heavy (non-hydrogen) atoms. The third-order valence-electron chi connectivity index (χ3n) is 3.24. The number of hydrogen-bond acceptors (Lipinski definition) is 4. The third kappa shape index (κ3) is 5.64.